The second-order valence-electron chi connectivity index (χ2n) is 10.5. The fourth-order valence-corrected chi connectivity index (χ4v) is 6.46. The molecule has 1 aliphatic heterocycles. The van der Waals surface area contributed by atoms with Crippen molar-refractivity contribution in [1.29, 1.82) is 0 Å². The predicted octanol–water partition coefficient (Wildman–Crippen LogP) is 9.59. The van der Waals surface area contributed by atoms with Crippen LogP contribution in [0.3, 0.4) is 0 Å². The first-order valence-corrected chi connectivity index (χ1v) is 18.7. The summed E-state index contributed by atoms with van der Waals surface area (Å²) >= 11 is 2.64. The van der Waals surface area contributed by atoms with Gasteiger partial charge in [0.25, 0.3) is 0 Å². The molecule has 0 N–H and O–H groups in total. The molecule has 0 spiro atoms. The number of Topliss-reactive ketones (excluding diaryl/α,β-unsaturated/α-hetero) is 1. The number of nitrogens with zero attached hydrogens (tertiary/aromatic N) is 1. The van der Waals surface area contributed by atoms with Crippen LogP contribution in [0.1, 0.15) is 75.3 Å². The zero-order valence-corrected chi connectivity index (χ0v) is 31.6. The summed E-state index contributed by atoms with van der Waals surface area (Å²) in [5, 5.41) is 3.48. The molecule has 209 valence electrons. The fourth-order valence-electron chi connectivity index (χ4n) is 4.07. The van der Waals surface area contributed by atoms with Crippen LogP contribution in [0.4, 0.5) is 0 Å². The number of ketones is 1. The second-order valence-corrected chi connectivity index (χ2v) is 16.3. The minimum atomic E-state index is 0.259. The molecule has 0 aromatic heterocycles. The van der Waals surface area contributed by atoms with E-state index in [4.69, 9.17) is 0 Å². The molecule has 2 nitrogen and oxygen atoms in total. The molecule has 3 aromatic rings. The molecule has 0 radical (unpaired) electrons. The SMILES string of the molecule is CC1=NCC([CH](C)[Hg])=CS1.CCCc1ccccc1.CCc1ccc(CCc2ccc(CCC(C)=O)cc2)cc1. The maximum Gasteiger partial charge on any atom is 0.130 e. The first-order chi connectivity index (χ1) is 19.3. The average Bonchev–Trinajstić information content (AvgIpc) is 2.97. The van der Waals surface area contributed by atoms with Crippen molar-refractivity contribution < 1.29 is 30.9 Å². The van der Waals surface area contributed by atoms with Gasteiger partial charge in [0.1, 0.15) is 5.78 Å². The topological polar surface area (TPSA) is 29.4 Å². The van der Waals surface area contributed by atoms with Gasteiger partial charge in [-0.1, -0.05) is 99.1 Å². The van der Waals surface area contributed by atoms with Crippen molar-refractivity contribution in [3.63, 3.8) is 0 Å². The summed E-state index contributed by atoms with van der Waals surface area (Å²) in [6.07, 6.45) is 7.19. The Hall–Kier alpha value is -1.97. The van der Waals surface area contributed by atoms with Crippen molar-refractivity contribution >= 4 is 22.6 Å². The summed E-state index contributed by atoms with van der Waals surface area (Å²) in [6, 6.07) is 28.2. The number of carbonyl (C=O) groups is 1. The van der Waals surface area contributed by atoms with Crippen LogP contribution in [-0.2, 0) is 63.0 Å². The molecule has 40 heavy (non-hydrogen) atoms. The van der Waals surface area contributed by atoms with E-state index < -0.39 is 0 Å². The molecule has 1 atom stereocenters. The summed E-state index contributed by atoms with van der Waals surface area (Å²) < 4.78 is 0.851. The first-order valence-electron chi connectivity index (χ1n) is 14.7. The van der Waals surface area contributed by atoms with E-state index in [9.17, 15) is 4.79 Å². The summed E-state index contributed by atoms with van der Waals surface area (Å²) in [5.41, 5.74) is 8.39. The fraction of sp³-hybridized carbons (Fsp3) is 0.389. The Bertz CT molecular complexity index is 1180. The molecule has 4 heteroatoms. The van der Waals surface area contributed by atoms with Gasteiger partial charge in [-0.25, -0.2) is 0 Å². The van der Waals surface area contributed by atoms with E-state index in [1.54, 1.807) is 24.3 Å². The van der Waals surface area contributed by atoms with Crippen molar-refractivity contribution in [1.82, 2.24) is 0 Å². The van der Waals surface area contributed by atoms with Gasteiger partial charge in [-0.2, -0.15) is 0 Å². The van der Waals surface area contributed by atoms with Gasteiger partial charge < -0.3 is 4.79 Å². The molecule has 4 rings (SSSR count). The van der Waals surface area contributed by atoms with Gasteiger partial charge in [0, 0.05) is 6.42 Å². The number of thioether (sulfide) groups is 1. The van der Waals surface area contributed by atoms with Gasteiger partial charge in [0.2, 0.25) is 0 Å². The summed E-state index contributed by atoms with van der Waals surface area (Å²) in [4.78, 5) is 15.4. The molecule has 1 heterocycles. The molecule has 1 unspecified atom stereocenters. The summed E-state index contributed by atoms with van der Waals surface area (Å²) in [7, 11) is 0. The molecule has 0 amide bonds. The molecule has 1 aliphatic rings. The number of aliphatic imine (C=N–C) groups is 1. The molecule has 3 aromatic carbocycles. The van der Waals surface area contributed by atoms with Gasteiger partial charge >= 0.3 is 82.7 Å². The van der Waals surface area contributed by atoms with Gasteiger partial charge in [0.15, 0.2) is 0 Å². The normalized spacial score (nSPS) is 13.1. The van der Waals surface area contributed by atoms with Gasteiger partial charge in [-0.05, 0) is 66.8 Å². The molecular weight excluding hydrogens is 695 g/mol. The standard InChI is InChI=1S/C20H24O.C9H12.C7H10NS.Hg/c1-3-17-6-8-19(9-7-17)14-15-20-12-10-18(11-13-20)5-4-16(2)21;1-2-6-9-7-4-3-5-8-9;1-3-7-4-8-6(2)9-5-7;/h6-13H,3-5,14-15H2,1-2H3;3-5,7-8H,2,6H2,1H3;3,5H,4H2,1-2H3;. The monoisotopic (exact) mass is 742 g/mol. The van der Waals surface area contributed by atoms with Crippen molar-refractivity contribution in [2.45, 2.75) is 83.0 Å². The first kappa shape index (κ1) is 34.2. The number of aryl methyl sites for hydroxylation is 5. The summed E-state index contributed by atoms with van der Waals surface area (Å²) in [6.45, 7) is 11.4. The Morgan fingerprint density at radius 1 is 0.800 bits per heavy atom. The van der Waals surface area contributed by atoms with Crippen LogP contribution in [0, 0.1) is 0 Å². The van der Waals surface area contributed by atoms with E-state index >= 15 is 0 Å². The molecule has 0 bridgehead atoms. The number of benzene rings is 3. The smallest absolute Gasteiger partial charge is 0.130 e. The minimum absolute atomic E-state index is 0.259. The molecule has 0 saturated carbocycles. The maximum atomic E-state index is 11.0. The third-order valence-electron chi connectivity index (χ3n) is 6.80. The Kier molecular flexibility index (Phi) is 17.1. The molecule has 0 fully saturated rings. The zero-order chi connectivity index (χ0) is 29.2. The minimum Gasteiger partial charge on any atom is -0.300 e. The van der Waals surface area contributed by atoms with Crippen molar-refractivity contribution in [2.75, 3.05) is 6.54 Å². The van der Waals surface area contributed by atoms with E-state index in [1.807, 2.05) is 0 Å². The maximum absolute atomic E-state index is 11.0. The number of rotatable bonds is 10. The molecule has 0 saturated heterocycles. The Morgan fingerprint density at radius 2 is 1.30 bits per heavy atom. The summed E-state index contributed by atoms with van der Waals surface area (Å²) in [5.74, 6) is 0.259. The average molecular weight is 741 g/mol. The van der Waals surface area contributed by atoms with Crippen LogP contribution in [0.15, 0.2) is 94.8 Å². The quantitative estimate of drug-likeness (QED) is 0.194. The van der Waals surface area contributed by atoms with E-state index in [-0.39, 0.29) is 5.78 Å². The second kappa shape index (κ2) is 20.0. The van der Waals surface area contributed by atoms with Crippen LogP contribution in [0.5, 0.6) is 0 Å². The Morgan fingerprint density at radius 3 is 1.73 bits per heavy atom. The van der Waals surface area contributed by atoms with Crippen LogP contribution in [0.25, 0.3) is 0 Å². The van der Waals surface area contributed by atoms with E-state index in [1.165, 1.54) is 45.7 Å². The molecular formula is C36H46HgNOS. The largest absolute Gasteiger partial charge is 0.300 e. The number of carbonyl (C=O) groups excluding carboxylic acids is 1. The zero-order valence-electron chi connectivity index (χ0n) is 25.3. The van der Waals surface area contributed by atoms with Crippen LogP contribution in [0.2, 0.25) is 3.43 Å². The Balaban J connectivity index is 0.000000243. The van der Waals surface area contributed by atoms with E-state index in [0.717, 1.165) is 61.8 Å². The van der Waals surface area contributed by atoms with Crippen molar-refractivity contribution in [3.8, 4) is 0 Å². The van der Waals surface area contributed by atoms with Crippen molar-refractivity contribution in [2.24, 2.45) is 4.99 Å². The Labute approximate surface area is 264 Å². The predicted molar refractivity (Wildman–Crippen MR) is 172 cm³/mol. The third kappa shape index (κ3) is 14.6. The van der Waals surface area contributed by atoms with Crippen LogP contribution < -0.4 is 0 Å². The van der Waals surface area contributed by atoms with Crippen LogP contribution in [-0.4, -0.2) is 17.4 Å². The number of hydrogen-bond donors (Lipinski definition) is 0. The van der Waals surface area contributed by atoms with E-state index in [0.29, 0.717) is 6.42 Å². The van der Waals surface area contributed by atoms with Crippen LogP contribution >= 0.6 is 11.8 Å². The van der Waals surface area contributed by atoms with E-state index in [2.05, 4.69) is 117 Å². The van der Waals surface area contributed by atoms with Gasteiger partial charge in [-0.3, -0.25) is 0 Å². The van der Waals surface area contributed by atoms with Crippen molar-refractivity contribution in [3.05, 3.63) is 118 Å². The van der Waals surface area contributed by atoms with Gasteiger partial charge in [0.05, 0.1) is 0 Å². The third-order valence-corrected chi connectivity index (χ3v) is 9.73. The van der Waals surface area contributed by atoms with Gasteiger partial charge in [-0.15, -0.1) is 0 Å². The number of hydrogen-bond acceptors (Lipinski definition) is 3. The molecule has 0 aliphatic carbocycles.